The molecule has 1 atom stereocenters. The minimum Gasteiger partial charge on any atom is -0.378 e. The van der Waals surface area contributed by atoms with Gasteiger partial charge in [0.1, 0.15) is 0 Å². The van der Waals surface area contributed by atoms with Gasteiger partial charge in [-0.2, -0.15) is 0 Å². The number of aromatic nitrogens is 1. The first-order chi connectivity index (χ1) is 21.6. The Balaban J connectivity index is 1.57. The molecule has 3 aromatic rings. The van der Waals surface area contributed by atoms with Gasteiger partial charge < -0.3 is 29.7 Å². The highest BCUT2D eigenvalue weighted by atomic mass is 16.5. The number of aromatic amines is 1. The van der Waals surface area contributed by atoms with Gasteiger partial charge in [-0.25, -0.2) is 0 Å². The van der Waals surface area contributed by atoms with E-state index in [1.165, 1.54) is 6.08 Å². The summed E-state index contributed by atoms with van der Waals surface area (Å²) in [6.07, 6.45) is 2.21. The fourth-order valence-corrected chi connectivity index (χ4v) is 6.84. The van der Waals surface area contributed by atoms with Crippen LogP contribution in [0.25, 0.3) is 11.1 Å². The largest absolute Gasteiger partial charge is 0.378 e. The summed E-state index contributed by atoms with van der Waals surface area (Å²) in [5, 5.41) is 3.06. The van der Waals surface area contributed by atoms with Gasteiger partial charge in [0.25, 0.3) is 11.5 Å². The van der Waals surface area contributed by atoms with E-state index in [0.717, 1.165) is 70.9 Å². The number of likely N-dealkylation sites (tertiary alicyclic amines) is 1. The summed E-state index contributed by atoms with van der Waals surface area (Å²) in [5.74, 6) is -0.279. The smallest absolute Gasteiger partial charge is 0.253 e. The third-order valence-electron chi connectivity index (χ3n) is 9.24. The molecule has 2 saturated heterocycles. The molecule has 2 fully saturated rings. The second-order valence-electron chi connectivity index (χ2n) is 12.1. The molecule has 0 radical (unpaired) electrons. The number of amides is 2. The number of aryl methyl sites for hydroxylation is 2. The van der Waals surface area contributed by atoms with Crippen molar-refractivity contribution in [3.05, 3.63) is 92.9 Å². The average molecular weight is 612 g/mol. The number of benzene rings is 2. The molecule has 0 saturated carbocycles. The number of nitrogens with zero attached hydrogens (tertiary/aromatic N) is 3. The number of likely N-dealkylation sites (N-methyl/N-ethyl adjacent to an activating group) is 1. The van der Waals surface area contributed by atoms with Crippen LogP contribution in [0.4, 0.5) is 11.4 Å². The zero-order valence-electron chi connectivity index (χ0n) is 27.2. The van der Waals surface area contributed by atoms with E-state index in [4.69, 9.17) is 4.74 Å². The van der Waals surface area contributed by atoms with Crippen molar-refractivity contribution in [1.29, 1.82) is 0 Å². The molecule has 9 nitrogen and oxygen atoms in total. The molecular formula is C36H45N5O4. The number of carbonyl (C=O) groups excluding carboxylic acids is 2. The van der Waals surface area contributed by atoms with Crippen LogP contribution in [-0.4, -0.2) is 73.7 Å². The van der Waals surface area contributed by atoms with E-state index < -0.39 is 0 Å². The summed E-state index contributed by atoms with van der Waals surface area (Å²) in [4.78, 5) is 48.6. The van der Waals surface area contributed by atoms with Gasteiger partial charge in [0.2, 0.25) is 5.91 Å². The maximum atomic E-state index is 14.1. The van der Waals surface area contributed by atoms with E-state index in [9.17, 15) is 14.4 Å². The normalized spacial score (nSPS) is 16.5. The first kappa shape index (κ1) is 32.0. The van der Waals surface area contributed by atoms with E-state index >= 15 is 0 Å². The van der Waals surface area contributed by atoms with Crippen molar-refractivity contribution in [2.45, 2.75) is 53.6 Å². The zero-order valence-corrected chi connectivity index (χ0v) is 27.2. The first-order valence-electron chi connectivity index (χ1n) is 15.9. The number of carbonyl (C=O) groups is 2. The lowest BCUT2D eigenvalue weighted by atomic mass is 9.90. The highest BCUT2D eigenvalue weighted by molar-refractivity contribution is 6.01. The number of morpholine rings is 1. The molecule has 2 N–H and O–H groups in total. The maximum absolute atomic E-state index is 14.1. The van der Waals surface area contributed by atoms with Gasteiger partial charge >= 0.3 is 0 Å². The van der Waals surface area contributed by atoms with Gasteiger partial charge in [0.05, 0.1) is 13.2 Å². The van der Waals surface area contributed by atoms with Gasteiger partial charge in [-0.1, -0.05) is 18.7 Å². The fourth-order valence-electron chi connectivity index (χ4n) is 6.84. The monoisotopic (exact) mass is 611 g/mol. The lowest BCUT2D eigenvalue weighted by molar-refractivity contribution is -0.125. The molecule has 1 aromatic heterocycles. The zero-order chi connectivity index (χ0) is 32.2. The molecule has 0 aliphatic carbocycles. The van der Waals surface area contributed by atoms with Gasteiger partial charge in [-0.15, -0.1) is 0 Å². The summed E-state index contributed by atoms with van der Waals surface area (Å²) >= 11 is 0. The van der Waals surface area contributed by atoms with Crippen LogP contribution in [0, 0.1) is 27.7 Å². The molecule has 238 valence electrons. The third-order valence-corrected chi connectivity index (χ3v) is 9.24. The minimum atomic E-state index is -0.220. The van der Waals surface area contributed by atoms with Crippen LogP contribution in [0.5, 0.6) is 0 Å². The van der Waals surface area contributed by atoms with Crippen LogP contribution in [-0.2, 0) is 16.1 Å². The van der Waals surface area contributed by atoms with Crippen molar-refractivity contribution in [3.8, 4) is 11.1 Å². The molecule has 5 rings (SSSR count). The first-order valence-corrected chi connectivity index (χ1v) is 15.9. The Hall–Kier alpha value is -4.37. The van der Waals surface area contributed by atoms with Crippen LogP contribution >= 0.6 is 0 Å². The van der Waals surface area contributed by atoms with E-state index in [1.54, 1.807) is 0 Å². The Labute approximate surface area is 265 Å². The SMILES string of the molecule is C=CC(=O)N1CCC(N(CC)c2cc(-c3cccc(N4CCOCC4)c3)c(C)c(C(=O)NCc3c(C)cc(C)[nH]c3=O)c2C)C1. The molecule has 2 aromatic carbocycles. The second kappa shape index (κ2) is 13.7. The van der Waals surface area contributed by atoms with Crippen LogP contribution in [0.3, 0.4) is 0 Å². The summed E-state index contributed by atoms with van der Waals surface area (Å²) in [7, 11) is 0. The number of nitrogens with one attached hydrogen (secondary N) is 2. The molecule has 3 heterocycles. The number of pyridine rings is 1. The minimum absolute atomic E-state index is 0.0590. The second-order valence-corrected chi connectivity index (χ2v) is 12.1. The van der Waals surface area contributed by atoms with E-state index in [2.05, 4.69) is 63.9 Å². The lowest BCUT2D eigenvalue weighted by Gasteiger charge is -2.33. The summed E-state index contributed by atoms with van der Waals surface area (Å²) in [5.41, 5.74) is 8.47. The van der Waals surface area contributed by atoms with Gasteiger partial charge in [-0.3, -0.25) is 14.4 Å². The van der Waals surface area contributed by atoms with Crippen molar-refractivity contribution in [2.75, 3.05) is 55.7 Å². The Kier molecular flexibility index (Phi) is 9.77. The van der Waals surface area contributed by atoms with Crippen LogP contribution < -0.4 is 20.7 Å². The molecule has 45 heavy (non-hydrogen) atoms. The van der Waals surface area contributed by atoms with Crippen LogP contribution in [0.2, 0.25) is 0 Å². The van der Waals surface area contributed by atoms with Crippen molar-refractivity contribution in [2.24, 2.45) is 0 Å². The Morgan fingerprint density at radius 2 is 1.84 bits per heavy atom. The Morgan fingerprint density at radius 1 is 1.09 bits per heavy atom. The van der Waals surface area contributed by atoms with E-state index in [1.807, 2.05) is 38.7 Å². The number of rotatable bonds is 9. The molecular weight excluding hydrogens is 566 g/mol. The molecule has 0 spiro atoms. The number of hydrogen-bond donors (Lipinski definition) is 2. The predicted octanol–water partition coefficient (Wildman–Crippen LogP) is 4.66. The summed E-state index contributed by atoms with van der Waals surface area (Å²) in [6.45, 7) is 18.7. The Morgan fingerprint density at radius 3 is 2.53 bits per heavy atom. The van der Waals surface area contributed by atoms with Gasteiger partial charge in [-0.05, 0) is 99.2 Å². The Bertz CT molecular complexity index is 1660. The average Bonchev–Trinajstić information content (AvgIpc) is 3.52. The van der Waals surface area contributed by atoms with Crippen molar-refractivity contribution in [1.82, 2.24) is 15.2 Å². The summed E-state index contributed by atoms with van der Waals surface area (Å²) < 4.78 is 5.58. The lowest BCUT2D eigenvalue weighted by Crippen LogP contribution is -2.39. The number of H-pyrrole nitrogens is 1. The molecule has 0 bridgehead atoms. The third kappa shape index (κ3) is 6.68. The van der Waals surface area contributed by atoms with Crippen molar-refractivity contribution >= 4 is 23.2 Å². The highest BCUT2D eigenvalue weighted by Gasteiger charge is 2.31. The molecule has 9 heteroatoms. The van der Waals surface area contributed by atoms with Crippen molar-refractivity contribution < 1.29 is 14.3 Å². The van der Waals surface area contributed by atoms with Crippen molar-refractivity contribution in [3.63, 3.8) is 0 Å². The molecule has 2 aliphatic rings. The van der Waals surface area contributed by atoms with E-state index in [0.29, 0.717) is 37.4 Å². The predicted molar refractivity (Wildman–Crippen MR) is 180 cm³/mol. The quantitative estimate of drug-likeness (QED) is 0.342. The van der Waals surface area contributed by atoms with Gasteiger partial charge in [0.15, 0.2) is 0 Å². The standard InChI is InChI=1S/C36H45N5O4/c1-7-33(42)40-13-12-29(22-40)41(8-2)32-20-30(27-10-9-11-28(19-27)39-14-16-45-17-15-39)25(5)34(26(32)6)36(44)37-21-31-23(3)18-24(4)38-35(31)43/h7,9-11,18-20,29H,1,8,12-17,21-22H2,2-6H3,(H,37,44)(H,38,43). The molecule has 2 aliphatic heterocycles. The maximum Gasteiger partial charge on any atom is 0.253 e. The van der Waals surface area contributed by atoms with E-state index in [-0.39, 0.29) is 30.0 Å². The fraction of sp³-hybridized carbons (Fsp3) is 0.417. The summed E-state index contributed by atoms with van der Waals surface area (Å²) in [6, 6.07) is 12.7. The molecule has 2 amide bonds. The van der Waals surface area contributed by atoms with Crippen LogP contribution in [0.15, 0.2) is 53.8 Å². The van der Waals surface area contributed by atoms with Gasteiger partial charge in [0, 0.05) is 73.5 Å². The number of ether oxygens (including phenoxy) is 1. The molecule has 1 unspecified atom stereocenters. The van der Waals surface area contributed by atoms with Crippen LogP contribution in [0.1, 0.15) is 51.7 Å². The number of anilines is 2. The number of hydrogen-bond acceptors (Lipinski definition) is 6. The topological polar surface area (TPSA) is 98.0 Å². The highest BCUT2D eigenvalue weighted by Crippen LogP contribution is 2.38.